The van der Waals surface area contributed by atoms with Gasteiger partial charge in [0.15, 0.2) is 5.78 Å². The summed E-state index contributed by atoms with van der Waals surface area (Å²) in [6.45, 7) is 12.5. The molecular weight excluding hydrogens is 510 g/mol. The number of ether oxygens (including phenoxy) is 1. The molecule has 1 heterocycles. The summed E-state index contributed by atoms with van der Waals surface area (Å²) in [5.74, 6) is 0.794. The van der Waals surface area contributed by atoms with Crippen molar-refractivity contribution in [1.29, 1.82) is 0 Å². The molecule has 2 atom stereocenters. The Labute approximate surface area is 244 Å². The van der Waals surface area contributed by atoms with E-state index in [4.69, 9.17) is 4.74 Å². The Morgan fingerprint density at radius 1 is 0.976 bits per heavy atom. The number of nitrogens with zero attached hydrogens (tertiary/aromatic N) is 2. The van der Waals surface area contributed by atoms with Gasteiger partial charge in [-0.3, -0.25) is 14.5 Å². The van der Waals surface area contributed by atoms with E-state index in [1.165, 1.54) is 0 Å². The first-order chi connectivity index (χ1) is 19.6. The van der Waals surface area contributed by atoms with E-state index in [0.29, 0.717) is 30.5 Å². The van der Waals surface area contributed by atoms with Crippen LogP contribution in [-0.2, 0) is 9.59 Å². The number of amides is 1. The quantitative estimate of drug-likeness (QED) is 0.343. The monoisotopic (exact) mass is 551 g/mol. The SMILES string of the molecule is COc1ccc(C2CC(=O)C3=C(C2)Nc2ccccc2N(C(C)=O)C3c2ccc(N(C(C)C)C(C)C)cc2C)cc1. The van der Waals surface area contributed by atoms with Crippen molar-refractivity contribution in [2.75, 3.05) is 22.2 Å². The largest absolute Gasteiger partial charge is 0.497 e. The Hall–Kier alpha value is -4.06. The van der Waals surface area contributed by atoms with E-state index in [1.54, 1.807) is 18.9 Å². The number of Topliss-reactive ketones (excluding diaryl/α,β-unsaturated/α-hetero) is 1. The molecular formula is C35H41N3O3. The summed E-state index contributed by atoms with van der Waals surface area (Å²) in [6, 6.07) is 22.4. The van der Waals surface area contributed by atoms with Gasteiger partial charge < -0.3 is 15.0 Å². The Morgan fingerprint density at radius 2 is 1.66 bits per heavy atom. The second-order valence-electron chi connectivity index (χ2n) is 11.8. The third kappa shape index (κ3) is 5.35. The first kappa shape index (κ1) is 28.5. The molecule has 0 saturated heterocycles. The number of carbonyl (C=O) groups is 2. The molecule has 1 aliphatic carbocycles. The van der Waals surface area contributed by atoms with Crippen LogP contribution in [0, 0.1) is 6.92 Å². The lowest BCUT2D eigenvalue weighted by Crippen LogP contribution is -2.38. The lowest BCUT2D eigenvalue weighted by molar-refractivity contribution is -0.117. The molecule has 2 aliphatic rings. The van der Waals surface area contributed by atoms with Crippen LogP contribution in [0.5, 0.6) is 5.75 Å². The molecule has 41 heavy (non-hydrogen) atoms. The number of rotatable bonds is 6. The summed E-state index contributed by atoms with van der Waals surface area (Å²) in [4.78, 5) is 31.8. The molecule has 1 N–H and O–H groups in total. The standard InChI is InChI=1S/C35H41N3O3/c1-21(2)37(22(3)4)27-14-17-29(23(5)18-27)35-34-31(36-30-10-8-9-11-32(30)38(35)24(6)39)19-26(20-33(34)40)25-12-15-28(41-7)16-13-25/h8-18,21-22,26,35-36H,19-20H2,1-7H3. The van der Waals surface area contributed by atoms with Crippen LogP contribution < -0.4 is 19.9 Å². The normalized spacial score (nSPS) is 18.6. The maximum absolute atomic E-state index is 14.2. The summed E-state index contributed by atoms with van der Waals surface area (Å²) < 4.78 is 5.35. The number of hydrogen-bond acceptors (Lipinski definition) is 5. The summed E-state index contributed by atoms with van der Waals surface area (Å²) in [6.07, 6.45) is 1.06. The minimum Gasteiger partial charge on any atom is -0.497 e. The Balaban J connectivity index is 1.66. The number of anilines is 3. The fraction of sp³-hybridized carbons (Fsp3) is 0.371. The molecule has 0 bridgehead atoms. The Bertz CT molecular complexity index is 1480. The number of hydrogen-bond donors (Lipinski definition) is 1. The molecule has 0 radical (unpaired) electrons. The summed E-state index contributed by atoms with van der Waals surface area (Å²) in [5.41, 5.74) is 7.46. The van der Waals surface area contributed by atoms with Crippen molar-refractivity contribution in [3.05, 3.63) is 94.7 Å². The predicted octanol–water partition coefficient (Wildman–Crippen LogP) is 7.55. The van der Waals surface area contributed by atoms with Crippen molar-refractivity contribution in [1.82, 2.24) is 0 Å². The van der Waals surface area contributed by atoms with Crippen LogP contribution in [0.15, 0.2) is 78.0 Å². The van der Waals surface area contributed by atoms with E-state index in [2.05, 4.69) is 63.0 Å². The predicted molar refractivity (Wildman–Crippen MR) is 167 cm³/mol. The van der Waals surface area contributed by atoms with Gasteiger partial charge >= 0.3 is 0 Å². The van der Waals surface area contributed by atoms with E-state index in [0.717, 1.165) is 45.2 Å². The molecule has 0 fully saturated rings. The van der Waals surface area contributed by atoms with Gasteiger partial charge in [0.05, 0.1) is 24.5 Å². The third-order valence-electron chi connectivity index (χ3n) is 8.37. The molecule has 0 saturated carbocycles. The van der Waals surface area contributed by atoms with Crippen molar-refractivity contribution in [2.45, 2.75) is 78.4 Å². The molecule has 5 rings (SSSR count). The molecule has 6 nitrogen and oxygen atoms in total. The fourth-order valence-corrected chi connectivity index (χ4v) is 6.66. The number of methoxy groups -OCH3 is 1. The summed E-state index contributed by atoms with van der Waals surface area (Å²) in [5, 5.41) is 3.61. The number of benzene rings is 3. The van der Waals surface area contributed by atoms with Crippen LogP contribution in [0.4, 0.5) is 17.1 Å². The topological polar surface area (TPSA) is 61.9 Å². The fourth-order valence-electron chi connectivity index (χ4n) is 6.66. The summed E-state index contributed by atoms with van der Waals surface area (Å²) >= 11 is 0. The van der Waals surface area contributed by atoms with Gasteiger partial charge in [0.25, 0.3) is 0 Å². The minimum absolute atomic E-state index is 0.0328. The molecule has 0 spiro atoms. The minimum atomic E-state index is -0.524. The van der Waals surface area contributed by atoms with Gasteiger partial charge in [-0.25, -0.2) is 0 Å². The molecule has 1 aliphatic heterocycles. The van der Waals surface area contributed by atoms with Gasteiger partial charge in [-0.1, -0.05) is 30.3 Å². The van der Waals surface area contributed by atoms with Crippen LogP contribution in [0.25, 0.3) is 0 Å². The first-order valence-corrected chi connectivity index (χ1v) is 14.6. The molecule has 6 heteroatoms. The van der Waals surface area contributed by atoms with Crippen LogP contribution >= 0.6 is 0 Å². The van der Waals surface area contributed by atoms with E-state index in [9.17, 15) is 9.59 Å². The second kappa shape index (κ2) is 11.4. The number of fused-ring (bicyclic) bond motifs is 1. The molecule has 214 valence electrons. The Kier molecular flexibility index (Phi) is 7.94. The van der Waals surface area contributed by atoms with E-state index >= 15 is 0 Å². The lowest BCUT2D eigenvalue weighted by Gasteiger charge is -2.37. The first-order valence-electron chi connectivity index (χ1n) is 14.6. The number of carbonyl (C=O) groups excluding carboxylic acids is 2. The number of ketones is 1. The number of aryl methyl sites for hydroxylation is 1. The van der Waals surface area contributed by atoms with Crippen LogP contribution in [0.2, 0.25) is 0 Å². The number of nitrogens with one attached hydrogen (secondary N) is 1. The van der Waals surface area contributed by atoms with E-state index in [-0.39, 0.29) is 17.6 Å². The molecule has 0 aromatic heterocycles. The van der Waals surface area contributed by atoms with Gasteiger partial charge in [-0.15, -0.1) is 0 Å². The lowest BCUT2D eigenvalue weighted by atomic mass is 9.77. The number of para-hydroxylation sites is 2. The van der Waals surface area contributed by atoms with Crippen LogP contribution in [0.3, 0.4) is 0 Å². The average molecular weight is 552 g/mol. The zero-order valence-corrected chi connectivity index (χ0v) is 25.2. The van der Waals surface area contributed by atoms with E-state index in [1.807, 2.05) is 48.5 Å². The van der Waals surface area contributed by atoms with Crippen molar-refractivity contribution in [3.8, 4) is 5.75 Å². The third-order valence-corrected chi connectivity index (χ3v) is 8.37. The zero-order chi connectivity index (χ0) is 29.4. The highest BCUT2D eigenvalue weighted by Gasteiger charge is 2.41. The second-order valence-corrected chi connectivity index (χ2v) is 11.8. The van der Waals surface area contributed by atoms with Crippen molar-refractivity contribution >= 4 is 28.8 Å². The zero-order valence-electron chi connectivity index (χ0n) is 25.2. The molecule has 2 unspecified atom stereocenters. The maximum atomic E-state index is 14.2. The van der Waals surface area contributed by atoms with Gasteiger partial charge in [-0.2, -0.15) is 0 Å². The highest BCUT2D eigenvalue weighted by atomic mass is 16.5. The Morgan fingerprint density at radius 3 is 2.27 bits per heavy atom. The number of allylic oxidation sites excluding steroid dienone is 1. The van der Waals surface area contributed by atoms with Crippen molar-refractivity contribution in [2.24, 2.45) is 0 Å². The molecule has 1 amide bonds. The molecule has 3 aromatic carbocycles. The van der Waals surface area contributed by atoms with E-state index < -0.39 is 6.04 Å². The van der Waals surface area contributed by atoms with Crippen LogP contribution in [0.1, 0.15) is 76.1 Å². The van der Waals surface area contributed by atoms with Gasteiger partial charge in [0.1, 0.15) is 5.75 Å². The summed E-state index contributed by atoms with van der Waals surface area (Å²) in [7, 11) is 1.65. The highest BCUT2D eigenvalue weighted by molar-refractivity contribution is 6.06. The molecule has 3 aromatic rings. The maximum Gasteiger partial charge on any atom is 0.224 e. The van der Waals surface area contributed by atoms with Crippen molar-refractivity contribution in [3.63, 3.8) is 0 Å². The van der Waals surface area contributed by atoms with Gasteiger partial charge in [0.2, 0.25) is 5.91 Å². The highest BCUT2D eigenvalue weighted by Crippen LogP contribution is 2.48. The smallest absolute Gasteiger partial charge is 0.224 e. The van der Waals surface area contributed by atoms with Crippen LogP contribution in [-0.4, -0.2) is 30.9 Å². The average Bonchev–Trinajstić information content (AvgIpc) is 3.07. The van der Waals surface area contributed by atoms with Crippen molar-refractivity contribution < 1.29 is 14.3 Å². The van der Waals surface area contributed by atoms with Gasteiger partial charge in [0, 0.05) is 42.4 Å². The van der Waals surface area contributed by atoms with Gasteiger partial charge in [-0.05, 0) is 100 Å².